The Kier molecular flexibility index (Phi) is 3.98. The smallest absolute Gasteiger partial charge is 0.269 e. The maximum absolute atomic E-state index is 12.2. The van der Waals surface area contributed by atoms with Gasteiger partial charge in [-0.05, 0) is 39.0 Å². The Bertz CT molecular complexity index is 632. The zero-order valence-electron chi connectivity index (χ0n) is 11.8. The summed E-state index contributed by atoms with van der Waals surface area (Å²) in [5.74, 6) is -0.520. The van der Waals surface area contributed by atoms with Crippen LogP contribution in [0.25, 0.3) is 0 Å². The summed E-state index contributed by atoms with van der Waals surface area (Å²) in [7, 11) is 0. The van der Waals surface area contributed by atoms with Crippen LogP contribution in [0.2, 0.25) is 0 Å². The summed E-state index contributed by atoms with van der Waals surface area (Å²) in [6.07, 6.45) is 0. The second-order valence-corrected chi connectivity index (χ2v) is 4.74. The fourth-order valence-corrected chi connectivity index (χ4v) is 1.97. The van der Waals surface area contributed by atoms with Crippen LogP contribution in [-0.4, -0.2) is 27.6 Å². The second-order valence-electron chi connectivity index (χ2n) is 4.74. The molecule has 0 fully saturated rings. The summed E-state index contributed by atoms with van der Waals surface area (Å²) in [4.78, 5) is 24.2. The van der Waals surface area contributed by atoms with Gasteiger partial charge in [-0.25, -0.2) is 4.68 Å². The molecule has 20 heavy (non-hydrogen) atoms. The molecular weight excluding hydrogens is 254 g/mol. The number of hydrogen-bond donors (Lipinski definition) is 1. The van der Waals surface area contributed by atoms with Crippen molar-refractivity contribution in [2.75, 3.05) is 0 Å². The number of amides is 1. The standard InChI is InChI=1S/C15H17N3O2/c1-10-9-11(2)18(17-10)15(20)12(3)16-14(19)13-7-5-4-6-8-13/h4-9,12H,1-3H3,(H,16,19)/t12-/m0/s1. The van der Waals surface area contributed by atoms with Crippen LogP contribution in [0.3, 0.4) is 0 Å². The molecule has 1 aromatic carbocycles. The first-order chi connectivity index (χ1) is 9.49. The molecule has 0 saturated carbocycles. The molecule has 0 aliphatic carbocycles. The molecule has 0 aliphatic rings. The zero-order valence-corrected chi connectivity index (χ0v) is 11.8. The highest BCUT2D eigenvalue weighted by atomic mass is 16.2. The molecule has 0 saturated heterocycles. The lowest BCUT2D eigenvalue weighted by Gasteiger charge is -2.13. The maximum Gasteiger partial charge on any atom is 0.269 e. The van der Waals surface area contributed by atoms with Crippen LogP contribution < -0.4 is 5.32 Å². The number of carbonyl (C=O) groups excluding carboxylic acids is 2. The molecule has 104 valence electrons. The summed E-state index contributed by atoms with van der Waals surface area (Å²) in [5, 5.41) is 6.81. The lowest BCUT2D eigenvalue weighted by molar-refractivity contribution is 0.0800. The summed E-state index contributed by atoms with van der Waals surface area (Å²) in [5.41, 5.74) is 2.06. The van der Waals surface area contributed by atoms with Gasteiger partial charge in [-0.15, -0.1) is 0 Å². The largest absolute Gasteiger partial charge is 0.340 e. The third kappa shape index (κ3) is 2.93. The van der Waals surface area contributed by atoms with Gasteiger partial charge in [0, 0.05) is 11.3 Å². The van der Waals surface area contributed by atoms with Crippen LogP contribution in [0, 0.1) is 13.8 Å². The Balaban J connectivity index is 2.09. The first kappa shape index (κ1) is 14.0. The van der Waals surface area contributed by atoms with Crippen LogP contribution in [-0.2, 0) is 0 Å². The molecule has 5 heteroatoms. The van der Waals surface area contributed by atoms with Crippen LogP contribution in [0.5, 0.6) is 0 Å². The fourth-order valence-electron chi connectivity index (χ4n) is 1.97. The molecular formula is C15H17N3O2. The Labute approximate surface area is 117 Å². The highest BCUT2D eigenvalue weighted by molar-refractivity contribution is 5.97. The molecule has 1 atom stereocenters. The molecule has 1 N–H and O–H groups in total. The van der Waals surface area contributed by atoms with E-state index in [1.54, 1.807) is 31.2 Å². The van der Waals surface area contributed by atoms with Crippen LogP contribution >= 0.6 is 0 Å². The third-order valence-corrected chi connectivity index (χ3v) is 2.97. The average molecular weight is 271 g/mol. The quantitative estimate of drug-likeness (QED) is 0.928. The molecule has 0 spiro atoms. The summed E-state index contributed by atoms with van der Waals surface area (Å²) < 4.78 is 1.32. The van der Waals surface area contributed by atoms with Gasteiger partial charge in [0.25, 0.3) is 11.8 Å². The van der Waals surface area contributed by atoms with Gasteiger partial charge in [0.2, 0.25) is 0 Å². The second kappa shape index (κ2) is 5.69. The third-order valence-electron chi connectivity index (χ3n) is 2.97. The average Bonchev–Trinajstić information content (AvgIpc) is 2.77. The van der Waals surface area contributed by atoms with E-state index in [0.29, 0.717) is 5.56 Å². The predicted octanol–water partition coefficient (Wildman–Crippen LogP) is 1.96. The van der Waals surface area contributed by atoms with Gasteiger partial charge >= 0.3 is 0 Å². The van der Waals surface area contributed by atoms with E-state index in [2.05, 4.69) is 10.4 Å². The Hall–Kier alpha value is -2.43. The van der Waals surface area contributed by atoms with Gasteiger partial charge in [0.1, 0.15) is 6.04 Å². The number of benzene rings is 1. The van der Waals surface area contributed by atoms with Crippen LogP contribution in [0.1, 0.15) is 33.5 Å². The Morgan fingerprint density at radius 2 is 1.85 bits per heavy atom. The lowest BCUT2D eigenvalue weighted by Crippen LogP contribution is -2.41. The molecule has 0 radical (unpaired) electrons. The normalized spacial score (nSPS) is 11.9. The Morgan fingerprint density at radius 1 is 1.20 bits per heavy atom. The topological polar surface area (TPSA) is 64.0 Å². The molecule has 1 aromatic heterocycles. The number of aromatic nitrogens is 2. The number of nitrogens with zero attached hydrogens (tertiary/aromatic N) is 2. The highest BCUT2D eigenvalue weighted by Crippen LogP contribution is 2.04. The summed E-state index contributed by atoms with van der Waals surface area (Å²) in [6.45, 7) is 5.28. The van der Waals surface area contributed by atoms with Crippen molar-refractivity contribution in [3.8, 4) is 0 Å². The molecule has 5 nitrogen and oxygen atoms in total. The monoisotopic (exact) mass is 271 g/mol. The molecule has 1 heterocycles. The van der Waals surface area contributed by atoms with Crippen molar-refractivity contribution in [3.05, 3.63) is 53.3 Å². The van der Waals surface area contributed by atoms with E-state index in [1.807, 2.05) is 26.0 Å². The zero-order chi connectivity index (χ0) is 14.7. The number of aryl methyl sites for hydroxylation is 2. The van der Waals surface area contributed by atoms with Crippen molar-refractivity contribution in [3.63, 3.8) is 0 Å². The van der Waals surface area contributed by atoms with Crippen molar-refractivity contribution in [1.82, 2.24) is 15.1 Å². The molecule has 0 aliphatic heterocycles. The van der Waals surface area contributed by atoms with E-state index in [1.165, 1.54) is 4.68 Å². The first-order valence-corrected chi connectivity index (χ1v) is 6.42. The van der Waals surface area contributed by atoms with Crippen LogP contribution in [0.4, 0.5) is 0 Å². The Morgan fingerprint density at radius 3 is 2.40 bits per heavy atom. The number of carbonyl (C=O) groups is 2. The van der Waals surface area contributed by atoms with Crippen molar-refractivity contribution in [1.29, 1.82) is 0 Å². The minimum atomic E-state index is -0.638. The van der Waals surface area contributed by atoms with Crippen LogP contribution in [0.15, 0.2) is 36.4 Å². The van der Waals surface area contributed by atoms with Crippen molar-refractivity contribution < 1.29 is 9.59 Å². The molecule has 2 aromatic rings. The minimum Gasteiger partial charge on any atom is -0.340 e. The van der Waals surface area contributed by atoms with E-state index in [0.717, 1.165) is 11.4 Å². The van der Waals surface area contributed by atoms with Crippen molar-refractivity contribution in [2.45, 2.75) is 26.8 Å². The van der Waals surface area contributed by atoms with Crippen molar-refractivity contribution in [2.24, 2.45) is 0 Å². The maximum atomic E-state index is 12.2. The van der Waals surface area contributed by atoms with E-state index in [-0.39, 0.29) is 11.8 Å². The summed E-state index contributed by atoms with van der Waals surface area (Å²) in [6, 6.07) is 9.99. The van der Waals surface area contributed by atoms with Gasteiger partial charge in [0.15, 0.2) is 0 Å². The molecule has 2 rings (SSSR count). The van der Waals surface area contributed by atoms with E-state index in [4.69, 9.17) is 0 Å². The first-order valence-electron chi connectivity index (χ1n) is 6.42. The number of rotatable bonds is 3. The molecule has 0 unspecified atom stereocenters. The van der Waals surface area contributed by atoms with Gasteiger partial charge < -0.3 is 5.32 Å². The number of hydrogen-bond acceptors (Lipinski definition) is 3. The van der Waals surface area contributed by atoms with E-state index in [9.17, 15) is 9.59 Å². The highest BCUT2D eigenvalue weighted by Gasteiger charge is 2.20. The van der Waals surface area contributed by atoms with Gasteiger partial charge in [-0.2, -0.15) is 5.10 Å². The van der Waals surface area contributed by atoms with Gasteiger partial charge in [-0.3, -0.25) is 9.59 Å². The summed E-state index contributed by atoms with van der Waals surface area (Å²) >= 11 is 0. The van der Waals surface area contributed by atoms with Crippen molar-refractivity contribution >= 4 is 11.8 Å². The number of nitrogens with one attached hydrogen (secondary N) is 1. The lowest BCUT2D eigenvalue weighted by atomic mass is 10.2. The SMILES string of the molecule is Cc1cc(C)n(C(=O)[C@H](C)NC(=O)c2ccccc2)n1. The fraction of sp³-hybridized carbons (Fsp3) is 0.267. The van der Waals surface area contributed by atoms with Gasteiger partial charge in [-0.1, -0.05) is 18.2 Å². The minimum absolute atomic E-state index is 0.250. The predicted molar refractivity (Wildman–Crippen MR) is 75.7 cm³/mol. The van der Waals surface area contributed by atoms with Gasteiger partial charge in [0.05, 0.1) is 5.69 Å². The molecule has 0 bridgehead atoms. The van der Waals surface area contributed by atoms with E-state index < -0.39 is 6.04 Å². The van der Waals surface area contributed by atoms with E-state index >= 15 is 0 Å². The molecule has 1 amide bonds.